The predicted octanol–water partition coefficient (Wildman–Crippen LogP) is 0.964. The minimum atomic E-state index is -1.37. The Labute approximate surface area is 156 Å². The third-order valence-corrected chi connectivity index (χ3v) is 5.53. The second-order valence-electron chi connectivity index (χ2n) is 5.82. The number of unbranched alkanes of at least 4 members (excludes halogenated alkanes) is 1. The smallest absolute Gasteiger partial charge is 0.279 e. The van der Waals surface area contributed by atoms with E-state index in [-0.39, 0.29) is 26.0 Å². The number of carbonyl (C=O) groups is 2. The molecule has 0 bridgehead atoms. The van der Waals surface area contributed by atoms with Crippen LogP contribution in [0.4, 0.5) is 4.39 Å². The number of halogens is 1. The zero-order valence-electron chi connectivity index (χ0n) is 13.7. The summed E-state index contributed by atoms with van der Waals surface area (Å²) in [6.07, 6.45) is 1.59. The van der Waals surface area contributed by atoms with Gasteiger partial charge >= 0.3 is 0 Å². The minimum Gasteiger partial charge on any atom is -0.548 e. The van der Waals surface area contributed by atoms with Crippen LogP contribution in [0.3, 0.4) is 0 Å². The van der Waals surface area contributed by atoms with Gasteiger partial charge in [0, 0.05) is 5.22 Å². The van der Waals surface area contributed by atoms with Gasteiger partial charge in [-0.05, 0) is 36.8 Å². The maximum absolute atomic E-state index is 13.6. The summed E-state index contributed by atoms with van der Waals surface area (Å²) in [6.45, 7) is 1.91. The summed E-state index contributed by atoms with van der Waals surface area (Å²) in [4.78, 5) is 27.7. The van der Waals surface area contributed by atoms with E-state index in [1.165, 1.54) is 12.1 Å². The van der Waals surface area contributed by atoms with E-state index in [0.717, 1.165) is 28.4 Å². The van der Waals surface area contributed by atoms with Gasteiger partial charge in [-0.3, -0.25) is 9.36 Å². The molecule has 1 atom stereocenters. The van der Waals surface area contributed by atoms with Crippen LogP contribution in [0.5, 0.6) is 5.88 Å². The quantitative estimate of drug-likeness (QED) is 0.738. The van der Waals surface area contributed by atoms with Crippen LogP contribution in [0.1, 0.15) is 37.1 Å². The second kappa shape index (κ2) is 7.08. The van der Waals surface area contributed by atoms with Crippen LogP contribution in [0.25, 0.3) is 5.57 Å². The number of fused-ring (bicyclic) bond motifs is 1. The maximum Gasteiger partial charge on any atom is 0.279 e. The molecule has 136 valence electrons. The van der Waals surface area contributed by atoms with Crippen molar-refractivity contribution in [3.05, 3.63) is 43.4 Å². The molecule has 0 radical (unpaired) electrons. The van der Waals surface area contributed by atoms with Gasteiger partial charge in [-0.2, -0.15) is 0 Å². The predicted molar refractivity (Wildman–Crippen MR) is 93.1 cm³/mol. The highest BCUT2D eigenvalue weighted by Gasteiger charge is 2.28. The second-order valence-corrected chi connectivity index (χ2v) is 7.47. The third kappa shape index (κ3) is 3.08. The summed E-state index contributed by atoms with van der Waals surface area (Å²) in [6, 6.07) is 2.56. The molecule has 6 nitrogen and oxygen atoms in total. The van der Waals surface area contributed by atoms with Crippen molar-refractivity contribution in [2.45, 2.75) is 32.2 Å². The molecule has 1 amide bonds. The number of aromatic hydroxyl groups is 1. The molecule has 9 heteroatoms. The molecule has 0 saturated carbocycles. The fourth-order valence-electron chi connectivity index (χ4n) is 2.87. The van der Waals surface area contributed by atoms with E-state index < -0.39 is 29.6 Å². The Hall–Kier alpha value is -2.39. The van der Waals surface area contributed by atoms with Gasteiger partial charge < -0.3 is 15.0 Å². The van der Waals surface area contributed by atoms with Gasteiger partial charge in [-0.1, -0.05) is 19.8 Å². The molecule has 26 heavy (non-hydrogen) atoms. The normalized spacial score (nSPS) is 14.2. The van der Waals surface area contributed by atoms with Crippen LogP contribution >= 0.6 is 23.6 Å². The van der Waals surface area contributed by atoms with Crippen molar-refractivity contribution in [2.24, 2.45) is 4.99 Å². The molecule has 1 N–H and O–H groups in total. The topological polar surface area (TPSA) is 94.7 Å². The van der Waals surface area contributed by atoms with Gasteiger partial charge in [0.25, 0.3) is 5.91 Å². The Balaban J connectivity index is 2.22. The fraction of sp³-hybridized carbons (Fsp3) is 0.294. The molecular formula is C17H14FN2O4S2-. The summed E-state index contributed by atoms with van der Waals surface area (Å²) >= 11 is 6.09. The van der Waals surface area contributed by atoms with Crippen molar-refractivity contribution >= 4 is 41.0 Å². The molecule has 0 spiro atoms. The Kier molecular flexibility index (Phi) is 5.01. The first-order valence-electron chi connectivity index (χ1n) is 7.93. The van der Waals surface area contributed by atoms with E-state index in [9.17, 15) is 24.2 Å². The molecule has 3 rings (SSSR count). The highest BCUT2D eigenvalue weighted by molar-refractivity contribution is 7.73. The first-order valence-corrected chi connectivity index (χ1v) is 9.16. The van der Waals surface area contributed by atoms with Crippen molar-refractivity contribution in [1.82, 2.24) is 4.57 Å². The number of aliphatic carboxylic acids is 1. The minimum absolute atomic E-state index is 0.0134. The lowest BCUT2D eigenvalue weighted by atomic mass is 10.1. The molecule has 0 saturated heterocycles. The summed E-state index contributed by atoms with van der Waals surface area (Å²) in [5.74, 6) is -3.00. The number of thiazole rings is 1. The Morgan fingerprint density at radius 2 is 2.23 bits per heavy atom. The van der Waals surface area contributed by atoms with E-state index in [4.69, 9.17) is 12.2 Å². The number of hydrogen-bond acceptors (Lipinski definition) is 6. The van der Waals surface area contributed by atoms with Crippen molar-refractivity contribution in [2.75, 3.05) is 0 Å². The molecule has 2 aromatic rings. The number of rotatable bonds is 6. The number of carboxylic acid groups (broad SMARTS) is 1. The molecule has 1 aromatic carbocycles. The van der Waals surface area contributed by atoms with Crippen molar-refractivity contribution in [1.29, 1.82) is 0 Å². The molecule has 1 aliphatic rings. The fourth-order valence-corrected chi connectivity index (χ4v) is 4.31. The summed E-state index contributed by atoms with van der Waals surface area (Å²) in [7, 11) is 0. The highest BCUT2D eigenvalue weighted by Crippen LogP contribution is 2.36. The molecular weight excluding hydrogens is 379 g/mol. The van der Waals surface area contributed by atoms with Gasteiger partial charge in [0.05, 0.1) is 22.9 Å². The monoisotopic (exact) mass is 393 g/mol. The van der Waals surface area contributed by atoms with Gasteiger partial charge in [-0.15, -0.1) is 11.3 Å². The Morgan fingerprint density at radius 3 is 2.88 bits per heavy atom. The van der Waals surface area contributed by atoms with Crippen LogP contribution in [0.2, 0.25) is 0 Å². The third-order valence-electron chi connectivity index (χ3n) is 4.12. The van der Waals surface area contributed by atoms with Crippen LogP contribution in [0, 0.1) is 9.77 Å². The maximum atomic E-state index is 13.6. The molecule has 2 heterocycles. The van der Waals surface area contributed by atoms with Gasteiger partial charge in [0.2, 0.25) is 5.88 Å². The molecule has 0 fully saturated rings. The zero-order chi connectivity index (χ0) is 19.0. The lowest BCUT2D eigenvalue weighted by Crippen LogP contribution is -2.33. The standard InChI is InChI=1S/C17H15FN2O4S2/c1-2-3-4-11(16(23)24)20-15(22)13(26-17(20)25)12-9-7-8(18)5-6-10(9)19-14(12)21/h5-7,11,22H,2-4H2,1H3,(H,23,24)/p-1/t11-/m0/s1. The molecule has 0 aliphatic carbocycles. The summed E-state index contributed by atoms with van der Waals surface area (Å²) in [5.41, 5.74) is 0.0134. The number of carbonyl (C=O) groups excluding carboxylic acids is 2. The molecule has 0 unspecified atom stereocenters. The number of nitrogens with zero attached hydrogens (tertiary/aromatic N) is 2. The van der Waals surface area contributed by atoms with Gasteiger partial charge in [-0.25, -0.2) is 9.38 Å². The van der Waals surface area contributed by atoms with Crippen molar-refractivity contribution in [3.63, 3.8) is 0 Å². The van der Waals surface area contributed by atoms with Crippen LogP contribution in [0.15, 0.2) is 23.2 Å². The number of aromatic nitrogens is 1. The highest BCUT2D eigenvalue weighted by atomic mass is 32.1. The Morgan fingerprint density at radius 1 is 1.50 bits per heavy atom. The van der Waals surface area contributed by atoms with Crippen molar-refractivity contribution < 1.29 is 24.2 Å². The van der Waals surface area contributed by atoms with Gasteiger partial charge in [0.15, 0.2) is 3.95 Å². The first-order chi connectivity index (χ1) is 12.3. The Bertz CT molecular complexity index is 1090. The molecule has 1 aromatic heterocycles. The summed E-state index contributed by atoms with van der Waals surface area (Å²) in [5, 5.41) is 22.7. The van der Waals surface area contributed by atoms with E-state index >= 15 is 0 Å². The van der Waals surface area contributed by atoms with E-state index in [1.807, 2.05) is 6.92 Å². The van der Waals surface area contributed by atoms with E-state index in [1.54, 1.807) is 0 Å². The number of amides is 1. The SMILES string of the molecule is CCCC[C@@H](C(=O)[O-])n1c(O)c(C2=c3cc(F)ccc3=NC2=O)sc1=S. The van der Waals surface area contributed by atoms with Crippen LogP contribution in [-0.2, 0) is 9.59 Å². The number of hydrogen-bond donors (Lipinski definition) is 1. The lowest BCUT2D eigenvalue weighted by Gasteiger charge is -2.20. The average Bonchev–Trinajstić information content (AvgIpc) is 3.04. The van der Waals surface area contributed by atoms with Crippen LogP contribution in [-0.4, -0.2) is 21.6 Å². The van der Waals surface area contributed by atoms with E-state index in [0.29, 0.717) is 11.8 Å². The van der Waals surface area contributed by atoms with E-state index in [2.05, 4.69) is 4.99 Å². The number of benzene rings is 1. The zero-order valence-corrected chi connectivity index (χ0v) is 15.3. The summed E-state index contributed by atoms with van der Waals surface area (Å²) < 4.78 is 14.8. The first kappa shape index (κ1) is 18.4. The van der Waals surface area contributed by atoms with Crippen LogP contribution < -0.4 is 15.7 Å². The number of carboxylic acids is 1. The largest absolute Gasteiger partial charge is 0.548 e. The lowest BCUT2D eigenvalue weighted by molar-refractivity contribution is -0.310. The van der Waals surface area contributed by atoms with Crippen molar-refractivity contribution in [3.8, 4) is 5.88 Å². The van der Waals surface area contributed by atoms with Gasteiger partial charge in [0.1, 0.15) is 10.7 Å². The average molecular weight is 393 g/mol. The molecule has 1 aliphatic heterocycles.